The van der Waals surface area contributed by atoms with Crippen molar-refractivity contribution in [1.29, 1.82) is 0 Å². The van der Waals surface area contributed by atoms with Crippen molar-refractivity contribution < 1.29 is 14.0 Å². The van der Waals surface area contributed by atoms with Gasteiger partial charge in [-0.1, -0.05) is 31.5 Å². The number of carbonyl (C=O) groups excluding carboxylic acids is 2. The number of hydrogen-bond acceptors (Lipinski definition) is 2. The number of nitrogens with one attached hydrogen (secondary N) is 1. The summed E-state index contributed by atoms with van der Waals surface area (Å²) in [7, 11) is 0. The fourth-order valence-electron chi connectivity index (χ4n) is 2.83. The first kappa shape index (κ1) is 15.5. The Bertz CT molecular complexity index is 547. The van der Waals surface area contributed by atoms with Crippen LogP contribution in [0.5, 0.6) is 0 Å². The summed E-state index contributed by atoms with van der Waals surface area (Å²) in [5.74, 6) is -0.682. The summed E-state index contributed by atoms with van der Waals surface area (Å²) in [5.41, 5.74) is 0.433. The molecule has 1 fully saturated rings. The summed E-state index contributed by atoms with van der Waals surface area (Å²) < 4.78 is 14.0. The van der Waals surface area contributed by atoms with Crippen molar-refractivity contribution in [2.75, 3.05) is 0 Å². The Kier molecular flexibility index (Phi) is 4.60. The number of benzene rings is 1. The number of carbonyl (C=O) groups is 2. The first-order chi connectivity index (χ1) is 9.97. The number of hydrogen-bond donors (Lipinski definition) is 1. The van der Waals surface area contributed by atoms with Crippen LogP contribution < -0.4 is 5.32 Å². The van der Waals surface area contributed by atoms with Gasteiger partial charge in [0.25, 0.3) is 0 Å². The standard InChI is InChI=1S/C16H21FN2O2/c1-4-7-14-16(21)19(11(3)15(20)18-14)10(2)12-8-5-6-9-13(12)17/h5-6,8-11,14H,4,7H2,1-3H3,(H,18,20). The first-order valence-corrected chi connectivity index (χ1v) is 7.34. The van der Waals surface area contributed by atoms with E-state index in [1.54, 1.807) is 32.0 Å². The SMILES string of the molecule is CCCC1NC(=O)C(C)N(C(C)c2ccccc2F)C1=O. The van der Waals surface area contributed by atoms with E-state index in [-0.39, 0.29) is 17.6 Å². The molecule has 3 atom stereocenters. The fourth-order valence-corrected chi connectivity index (χ4v) is 2.83. The van der Waals surface area contributed by atoms with E-state index in [2.05, 4.69) is 5.32 Å². The van der Waals surface area contributed by atoms with Crippen molar-refractivity contribution in [3.05, 3.63) is 35.6 Å². The van der Waals surface area contributed by atoms with Crippen LogP contribution in [0.2, 0.25) is 0 Å². The zero-order valence-corrected chi connectivity index (χ0v) is 12.6. The minimum atomic E-state index is -0.597. The van der Waals surface area contributed by atoms with Gasteiger partial charge in [-0.2, -0.15) is 0 Å². The average molecular weight is 292 g/mol. The Morgan fingerprint density at radius 1 is 1.33 bits per heavy atom. The Hall–Kier alpha value is -1.91. The molecule has 1 aliphatic rings. The number of piperazine rings is 1. The maximum atomic E-state index is 14.0. The third kappa shape index (κ3) is 2.91. The lowest BCUT2D eigenvalue weighted by atomic mass is 9.98. The molecule has 2 rings (SSSR count). The van der Waals surface area contributed by atoms with Gasteiger partial charge in [0.2, 0.25) is 11.8 Å². The molecule has 3 unspecified atom stereocenters. The first-order valence-electron chi connectivity index (χ1n) is 7.34. The van der Waals surface area contributed by atoms with Crippen LogP contribution in [0.15, 0.2) is 24.3 Å². The molecule has 0 aliphatic carbocycles. The number of nitrogens with zero attached hydrogens (tertiary/aromatic N) is 1. The van der Waals surface area contributed by atoms with Crippen LogP contribution in [0, 0.1) is 5.82 Å². The molecule has 1 heterocycles. The van der Waals surface area contributed by atoms with Crippen LogP contribution >= 0.6 is 0 Å². The molecule has 2 amide bonds. The second kappa shape index (κ2) is 6.24. The van der Waals surface area contributed by atoms with Crippen LogP contribution in [0.1, 0.15) is 45.2 Å². The monoisotopic (exact) mass is 292 g/mol. The molecule has 114 valence electrons. The van der Waals surface area contributed by atoms with Crippen molar-refractivity contribution in [2.45, 2.75) is 51.7 Å². The molecule has 1 saturated heterocycles. The van der Waals surface area contributed by atoms with Gasteiger partial charge in [0.15, 0.2) is 0 Å². The van der Waals surface area contributed by atoms with Crippen molar-refractivity contribution in [1.82, 2.24) is 10.2 Å². The second-order valence-electron chi connectivity index (χ2n) is 5.47. The summed E-state index contributed by atoms with van der Waals surface area (Å²) in [6.45, 7) is 5.39. The predicted molar refractivity (Wildman–Crippen MR) is 78.0 cm³/mol. The van der Waals surface area contributed by atoms with E-state index in [1.807, 2.05) is 6.92 Å². The molecule has 0 bridgehead atoms. The van der Waals surface area contributed by atoms with Crippen LogP contribution in [-0.2, 0) is 9.59 Å². The molecule has 1 aromatic rings. The topological polar surface area (TPSA) is 49.4 Å². The van der Waals surface area contributed by atoms with E-state index in [0.29, 0.717) is 12.0 Å². The Balaban J connectivity index is 2.32. The molecule has 1 N–H and O–H groups in total. The van der Waals surface area contributed by atoms with Crippen molar-refractivity contribution in [2.24, 2.45) is 0 Å². The van der Waals surface area contributed by atoms with Crippen molar-refractivity contribution in [3.8, 4) is 0 Å². The predicted octanol–water partition coefficient (Wildman–Crippen LogP) is 2.40. The van der Waals surface area contributed by atoms with Gasteiger partial charge in [0.1, 0.15) is 17.9 Å². The molecule has 0 spiro atoms. The Morgan fingerprint density at radius 3 is 2.62 bits per heavy atom. The fraction of sp³-hybridized carbons (Fsp3) is 0.500. The summed E-state index contributed by atoms with van der Waals surface area (Å²) in [4.78, 5) is 26.1. The van der Waals surface area contributed by atoms with Crippen LogP contribution in [0.4, 0.5) is 4.39 Å². The van der Waals surface area contributed by atoms with Crippen LogP contribution in [0.3, 0.4) is 0 Å². The van der Waals surface area contributed by atoms with E-state index >= 15 is 0 Å². The minimum absolute atomic E-state index is 0.139. The normalized spacial score (nSPS) is 23.9. The van der Waals surface area contributed by atoms with E-state index in [9.17, 15) is 14.0 Å². The van der Waals surface area contributed by atoms with Gasteiger partial charge >= 0.3 is 0 Å². The van der Waals surface area contributed by atoms with Gasteiger partial charge in [-0.25, -0.2) is 4.39 Å². The van der Waals surface area contributed by atoms with E-state index in [4.69, 9.17) is 0 Å². The molecule has 1 aliphatic heterocycles. The third-order valence-corrected chi connectivity index (χ3v) is 4.02. The lowest BCUT2D eigenvalue weighted by Gasteiger charge is -2.41. The Morgan fingerprint density at radius 2 is 2.00 bits per heavy atom. The smallest absolute Gasteiger partial charge is 0.246 e. The highest BCUT2D eigenvalue weighted by Gasteiger charge is 2.40. The second-order valence-corrected chi connectivity index (χ2v) is 5.47. The molecule has 21 heavy (non-hydrogen) atoms. The van der Waals surface area contributed by atoms with Gasteiger partial charge in [-0.3, -0.25) is 9.59 Å². The molecule has 4 nitrogen and oxygen atoms in total. The maximum Gasteiger partial charge on any atom is 0.246 e. The molecular weight excluding hydrogens is 271 g/mol. The molecular formula is C16H21FN2O2. The summed E-state index contributed by atoms with van der Waals surface area (Å²) in [6, 6.07) is 4.79. The molecule has 1 aromatic carbocycles. The van der Waals surface area contributed by atoms with E-state index in [1.165, 1.54) is 11.0 Å². The van der Waals surface area contributed by atoms with Gasteiger partial charge in [-0.05, 0) is 26.3 Å². The largest absolute Gasteiger partial charge is 0.343 e. The highest BCUT2D eigenvalue weighted by Crippen LogP contribution is 2.28. The lowest BCUT2D eigenvalue weighted by molar-refractivity contribution is -0.151. The maximum absolute atomic E-state index is 14.0. The van der Waals surface area contributed by atoms with Gasteiger partial charge in [0, 0.05) is 5.56 Å². The van der Waals surface area contributed by atoms with Gasteiger partial charge in [0.05, 0.1) is 6.04 Å². The van der Waals surface area contributed by atoms with Crippen molar-refractivity contribution in [3.63, 3.8) is 0 Å². The lowest BCUT2D eigenvalue weighted by Crippen LogP contribution is -2.62. The molecule has 0 saturated carbocycles. The number of amides is 2. The van der Waals surface area contributed by atoms with E-state index in [0.717, 1.165) is 6.42 Å². The highest BCUT2D eigenvalue weighted by atomic mass is 19.1. The molecule has 0 radical (unpaired) electrons. The quantitative estimate of drug-likeness (QED) is 0.926. The number of rotatable bonds is 4. The van der Waals surface area contributed by atoms with E-state index < -0.39 is 18.1 Å². The highest BCUT2D eigenvalue weighted by molar-refractivity contribution is 5.96. The zero-order valence-electron chi connectivity index (χ0n) is 12.6. The molecule has 0 aromatic heterocycles. The minimum Gasteiger partial charge on any atom is -0.343 e. The van der Waals surface area contributed by atoms with Crippen LogP contribution in [-0.4, -0.2) is 28.8 Å². The number of halogens is 1. The summed E-state index contributed by atoms with van der Waals surface area (Å²) in [5, 5.41) is 2.74. The average Bonchev–Trinajstić information content (AvgIpc) is 2.45. The van der Waals surface area contributed by atoms with Gasteiger partial charge < -0.3 is 10.2 Å². The molecule has 5 heteroatoms. The van der Waals surface area contributed by atoms with Crippen LogP contribution in [0.25, 0.3) is 0 Å². The zero-order chi connectivity index (χ0) is 15.6. The Labute approximate surface area is 124 Å². The van der Waals surface area contributed by atoms with Gasteiger partial charge in [-0.15, -0.1) is 0 Å². The van der Waals surface area contributed by atoms with Crippen molar-refractivity contribution >= 4 is 11.8 Å². The summed E-state index contributed by atoms with van der Waals surface area (Å²) in [6.07, 6.45) is 1.39. The third-order valence-electron chi connectivity index (χ3n) is 4.02. The summed E-state index contributed by atoms with van der Waals surface area (Å²) >= 11 is 0.